The van der Waals surface area contributed by atoms with Crippen molar-refractivity contribution >= 4 is 11.8 Å². The number of carbonyl (C=O) groups excluding carboxylic acids is 2. The average Bonchev–Trinajstić information content (AvgIpc) is 2.92. The molecule has 0 radical (unpaired) electrons. The first-order valence-electron chi connectivity index (χ1n) is 14.1. The van der Waals surface area contributed by atoms with Crippen molar-refractivity contribution in [2.24, 2.45) is 10.8 Å². The summed E-state index contributed by atoms with van der Waals surface area (Å²) in [4.78, 5) is 28.4. The van der Waals surface area contributed by atoms with Gasteiger partial charge >= 0.3 is 0 Å². The minimum atomic E-state index is -0.487. The van der Waals surface area contributed by atoms with Crippen LogP contribution in [0.4, 0.5) is 0 Å². The van der Waals surface area contributed by atoms with E-state index in [2.05, 4.69) is 39.2 Å². The summed E-state index contributed by atoms with van der Waals surface area (Å²) in [5, 5.41) is 1.44. The van der Waals surface area contributed by atoms with Gasteiger partial charge in [0.2, 0.25) is 0 Å². The van der Waals surface area contributed by atoms with Crippen LogP contribution >= 0.6 is 0 Å². The highest BCUT2D eigenvalue weighted by atomic mass is 16.6. The molecule has 1 unspecified atom stereocenters. The van der Waals surface area contributed by atoms with Gasteiger partial charge < -0.3 is 18.9 Å². The van der Waals surface area contributed by atoms with Crippen LogP contribution in [0.15, 0.2) is 35.9 Å². The molecule has 0 bridgehead atoms. The van der Waals surface area contributed by atoms with Crippen molar-refractivity contribution < 1.29 is 28.5 Å². The Balaban J connectivity index is 2.19. The Morgan fingerprint density at radius 1 is 1.02 bits per heavy atom. The number of hydrogen-bond donors (Lipinski definition) is 1. The molecule has 8 heteroatoms. The van der Waals surface area contributed by atoms with Crippen molar-refractivity contribution in [3.63, 3.8) is 0 Å². The Hall–Kier alpha value is -3.68. The fourth-order valence-corrected chi connectivity index (χ4v) is 4.70. The zero-order valence-electron chi connectivity index (χ0n) is 26.5. The van der Waals surface area contributed by atoms with Crippen molar-refractivity contribution in [3.05, 3.63) is 58.2 Å². The minimum absolute atomic E-state index is 0.135. The molecule has 1 aliphatic heterocycles. The van der Waals surface area contributed by atoms with Crippen LogP contribution in [0.5, 0.6) is 23.0 Å². The number of fused-ring (bicyclic) bond motifs is 1. The molecule has 0 fully saturated rings. The molecule has 0 aromatic heterocycles. The molecule has 1 N–H and O–H groups in total. The van der Waals surface area contributed by atoms with Crippen LogP contribution in [0.3, 0.4) is 0 Å². The molecule has 1 heterocycles. The molecule has 0 saturated carbocycles. The zero-order chi connectivity index (χ0) is 30.7. The van der Waals surface area contributed by atoms with Crippen LogP contribution in [0.25, 0.3) is 0 Å². The number of nitrogens with zero attached hydrogens (tertiary/aromatic N) is 1. The zero-order valence-corrected chi connectivity index (χ0v) is 26.5. The van der Waals surface area contributed by atoms with E-state index in [9.17, 15) is 9.59 Å². The quantitative estimate of drug-likeness (QED) is 0.303. The maximum Gasteiger partial charge on any atom is 0.273 e. The number of methoxy groups -OCH3 is 2. The van der Waals surface area contributed by atoms with Gasteiger partial charge in [0.05, 0.1) is 20.3 Å². The maximum atomic E-state index is 14.4. The summed E-state index contributed by atoms with van der Waals surface area (Å²) in [6.45, 7) is 19.3. The summed E-state index contributed by atoms with van der Waals surface area (Å²) < 4.78 is 22.7. The van der Waals surface area contributed by atoms with Crippen LogP contribution in [0, 0.1) is 17.8 Å². The number of hydrogen-bond acceptors (Lipinski definition) is 6. The second-order valence-corrected chi connectivity index (χ2v) is 12.5. The number of nitrogens with one attached hydrogen (secondary N) is 1. The van der Waals surface area contributed by atoms with Crippen LogP contribution in [-0.2, 0) is 6.42 Å². The number of benzene rings is 2. The normalized spacial score (nSPS) is 14.3. The number of rotatable bonds is 7. The summed E-state index contributed by atoms with van der Waals surface area (Å²) in [5.74, 6) is 1.44. The molecule has 0 aliphatic carbocycles. The van der Waals surface area contributed by atoms with Gasteiger partial charge in [0.15, 0.2) is 11.5 Å². The second-order valence-electron chi connectivity index (χ2n) is 12.5. The Labute approximate surface area is 245 Å². The second kappa shape index (κ2) is 12.5. The van der Waals surface area contributed by atoms with Crippen molar-refractivity contribution in [1.82, 2.24) is 10.4 Å². The lowest BCUT2D eigenvalue weighted by Gasteiger charge is -2.39. The summed E-state index contributed by atoms with van der Waals surface area (Å²) in [6.07, 6.45) is 2.63. The lowest BCUT2D eigenvalue weighted by Crippen LogP contribution is -2.55. The smallest absolute Gasteiger partial charge is 0.273 e. The third-order valence-corrected chi connectivity index (χ3v) is 7.61. The summed E-state index contributed by atoms with van der Waals surface area (Å²) >= 11 is 0. The SMILES string of the molecule is CCc1c(C(=O)NN(C(=O)c2cc(OC)c(C)c(OC)c2)C(C=C(C)C(C)(C)C)C(C)(C)C)ccc2c1OCCO2. The van der Waals surface area contributed by atoms with Crippen molar-refractivity contribution in [1.29, 1.82) is 0 Å². The molecule has 2 aromatic carbocycles. The van der Waals surface area contributed by atoms with E-state index in [4.69, 9.17) is 18.9 Å². The predicted octanol–water partition coefficient (Wildman–Crippen LogP) is 6.54. The third kappa shape index (κ3) is 6.97. The topological polar surface area (TPSA) is 86.3 Å². The fourth-order valence-electron chi connectivity index (χ4n) is 4.70. The molecule has 1 aliphatic rings. The predicted molar refractivity (Wildman–Crippen MR) is 161 cm³/mol. The molecule has 224 valence electrons. The monoisotopic (exact) mass is 566 g/mol. The fraction of sp³-hybridized carbons (Fsp3) is 0.515. The summed E-state index contributed by atoms with van der Waals surface area (Å²) in [5.41, 5.74) is 5.79. The van der Waals surface area contributed by atoms with Gasteiger partial charge in [-0.15, -0.1) is 0 Å². The number of amides is 2. The Morgan fingerprint density at radius 3 is 2.12 bits per heavy atom. The van der Waals surface area contributed by atoms with Gasteiger partial charge in [-0.2, -0.15) is 0 Å². The van der Waals surface area contributed by atoms with E-state index >= 15 is 0 Å². The number of allylic oxidation sites excluding steroid dienone is 1. The van der Waals surface area contributed by atoms with Crippen LogP contribution < -0.4 is 24.4 Å². The number of ether oxygens (including phenoxy) is 4. The van der Waals surface area contributed by atoms with Gasteiger partial charge in [-0.25, -0.2) is 5.01 Å². The highest BCUT2D eigenvalue weighted by Gasteiger charge is 2.36. The first kappa shape index (κ1) is 31.8. The van der Waals surface area contributed by atoms with E-state index in [-0.39, 0.29) is 11.3 Å². The van der Waals surface area contributed by atoms with E-state index in [1.807, 2.05) is 34.6 Å². The standard InChI is InChI=1S/C33H46N2O6/c1-12-23-24(13-14-25-29(23)41-16-15-40-25)30(36)34-35(28(33(7,8)9)17-20(2)32(4,5)6)31(37)22-18-26(38-10)21(3)27(19-22)39-11/h13-14,17-19,28H,12,15-16H2,1-11H3,(H,34,36). The summed E-state index contributed by atoms with van der Waals surface area (Å²) in [6, 6.07) is 6.35. The molecule has 1 atom stereocenters. The van der Waals surface area contributed by atoms with Crippen molar-refractivity contribution in [2.45, 2.75) is 74.8 Å². The average molecular weight is 567 g/mol. The Kier molecular flexibility index (Phi) is 9.67. The van der Waals surface area contributed by atoms with Crippen LogP contribution in [0.1, 0.15) is 87.2 Å². The van der Waals surface area contributed by atoms with Gasteiger partial charge in [0.1, 0.15) is 24.7 Å². The molecule has 41 heavy (non-hydrogen) atoms. The molecule has 0 saturated heterocycles. The molecule has 2 aromatic rings. The van der Waals surface area contributed by atoms with Gasteiger partial charge in [0, 0.05) is 22.3 Å². The highest BCUT2D eigenvalue weighted by Crippen LogP contribution is 2.37. The largest absolute Gasteiger partial charge is 0.496 e. The number of hydrazine groups is 1. The van der Waals surface area contributed by atoms with E-state index < -0.39 is 17.4 Å². The maximum absolute atomic E-state index is 14.4. The highest BCUT2D eigenvalue weighted by molar-refractivity contribution is 6.01. The first-order valence-corrected chi connectivity index (χ1v) is 14.1. The Bertz CT molecular complexity index is 1290. The lowest BCUT2D eigenvalue weighted by molar-refractivity contribution is 0.0389. The van der Waals surface area contributed by atoms with Crippen LogP contribution in [-0.4, -0.2) is 50.3 Å². The minimum Gasteiger partial charge on any atom is -0.496 e. The van der Waals surface area contributed by atoms with E-state index in [0.29, 0.717) is 53.8 Å². The van der Waals surface area contributed by atoms with Crippen LogP contribution in [0.2, 0.25) is 0 Å². The molecular weight excluding hydrogens is 520 g/mol. The molecule has 8 nitrogen and oxygen atoms in total. The number of carbonyl (C=O) groups is 2. The van der Waals surface area contributed by atoms with Gasteiger partial charge in [0.25, 0.3) is 11.8 Å². The van der Waals surface area contributed by atoms with Gasteiger partial charge in [-0.3, -0.25) is 15.0 Å². The van der Waals surface area contributed by atoms with Crippen molar-refractivity contribution in [2.75, 3.05) is 27.4 Å². The van der Waals surface area contributed by atoms with E-state index in [1.54, 1.807) is 38.5 Å². The molecular formula is C33H46N2O6. The van der Waals surface area contributed by atoms with Gasteiger partial charge in [-0.05, 0) is 55.4 Å². The van der Waals surface area contributed by atoms with Gasteiger partial charge in [-0.1, -0.05) is 60.1 Å². The first-order chi connectivity index (χ1) is 19.1. The Morgan fingerprint density at radius 2 is 1.61 bits per heavy atom. The lowest BCUT2D eigenvalue weighted by atomic mass is 9.80. The molecule has 3 rings (SSSR count). The van der Waals surface area contributed by atoms with E-state index in [0.717, 1.165) is 16.7 Å². The molecule has 0 spiro atoms. The summed E-state index contributed by atoms with van der Waals surface area (Å²) in [7, 11) is 3.11. The van der Waals surface area contributed by atoms with Crippen molar-refractivity contribution in [3.8, 4) is 23.0 Å². The third-order valence-electron chi connectivity index (χ3n) is 7.61. The van der Waals surface area contributed by atoms with E-state index in [1.165, 1.54) is 5.01 Å². The molecule has 2 amide bonds.